The lowest BCUT2D eigenvalue weighted by Gasteiger charge is -2.23. The second-order valence-corrected chi connectivity index (χ2v) is 7.14. The first kappa shape index (κ1) is 20.4. The molecule has 0 spiro atoms. The van der Waals surface area contributed by atoms with Crippen LogP contribution in [-0.4, -0.2) is 30.9 Å². The lowest BCUT2D eigenvalue weighted by atomic mass is 10.1. The van der Waals surface area contributed by atoms with Crippen molar-refractivity contribution in [3.05, 3.63) is 52.2 Å². The number of amides is 2. The molecule has 0 atom stereocenters. The van der Waals surface area contributed by atoms with E-state index in [1.165, 1.54) is 29.5 Å². The molecule has 0 aliphatic carbocycles. The van der Waals surface area contributed by atoms with Crippen LogP contribution in [0, 0.1) is 12.7 Å². The van der Waals surface area contributed by atoms with Crippen LogP contribution in [0.4, 0.5) is 9.39 Å². The molecular formula is C18H21ClFN3O2S. The van der Waals surface area contributed by atoms with E-state index in [-0.39, 0.29) is 29.9 Å². The van der Waals surface area contributed by atoms with Crippen LogP contribution in [0.1, 0.15) is 38.4 Å². The molecule has 26 heavy (non-hydrogen) atoms. The first-order chi connectivity index (χ1) is 12.0. The molecule has 8 heteroatoms. The number of halogens is 2. The summed E-state index contributed by atoms with van der Waals surface area (Å²) in [5.41, 5.74) is 1.05. The highest BCUT2D eigenvalue weighted by molar-refractivity contribution is 7.18. The second kappa shape index (κ2) is 9.12. The predicted octanol–water partition coefficient (Wildman–Crippen LogP) is 3.35. The molecule has 2 heterocycles. The van der Waals surface area contributed by atoms with Crippen molar-refractivity contribution in [3.63, 3.8) is 0 Å². The van der Waals surface area contributed by atoms with Crippen LogP contribution < -0.4 is 16.0 Å². The van der Waals surface area contributed by atoms with Crippen molar-refractivity contribution in [1.82, 2.24) is 10.6 Å². The van der Waals surface area contributed by atoms with Gasteiger partial charge in [0.15, 0.2) is 0 Å². The number of carbonyl (C=O) groups is 2. The third-order valence-electron chi connectivity index (χ3n) is 4.12. The van der Waals surface area contributed by atoms with Gasteiger partial charge in [-0.05, 0) is 62.7 Å². The van der Waals surface area contributed by atoms with Gasteiger partial charge in [0.1, 0.15) is 5.82 Å². The van der Waals surface area contributed by atoms with Crippen molar-refractivity contribution in [2.24, 2.45) is 0 Å². The fourth-order valence-corrected chi connectivity index (χ4v) is 3.77. The second-order valence-electron chi connectivity index (χ2n) is 6.08. The van der Waals surface area contributed by atoms with E-state index in [1.54, 1.807) is 12.1 Å². The molecule has 2 aromatic rings. The van der Waals surface area contributed by atoms with Crippen LogP contribution in [-0.2, 0) is 0 Å². The van der Waals surface area contributed by atoms with Crippen molar-refractivity contribution in [1.29, 1.82) is 0 Å². The summed E-state index contributed by atoms with van der Waals surface area (Å²) in [4.78, 5) is 25.2. The Kier molecular flexibility index (Phi) is 7.14. The molecule has 1 fully saturated rings. The zero-order valence-corrected chi connectivity index (χ0v) is 15.9. The standard InChI is InChI=1S/C18H20FN3O2S.ClH/c1-11-9-15(22-17(23)12-3-2-4-13(19)10-12)25-16(11)18(24)21-14-5-7-20-8-6-14;/h2-4,9-10,14,20H,5-8H2,1H3,(H,21,24)(H,22,23);1H. The van der Waals surface area contributed by atoms with Crippen molar-refractivity contribution < 1.29 is 14.0 Å². The highest BCUT2D eigenvalue weighted by Crippen LogP contribution is 2.27. The third-order valence-corrected chi connectivity index (χ3v) is 5.27. The largest absolute Gasteiger partial charge is 0.349 e. The maximum Gasteiger partial charge on any atom is 0.261 e. The van der Waals surface area contributed by atoms with Gasteiger partial charge in [-0.25, -0.2) is 4.39 Å². The maximum absolute atomic E-state index is 13.2. The van der Waals surface area contributed by atoms with E-state index < -0.39 is 11.7 Å². The Labute approximate surface area is 161 Å². The molecule has 140 valence electrons. The summed E-state index contributed by atoms with van der Waals surface area (Å²) in [6.07, 6.45) is 1.83. The van der Waals surface area contributed by atoms with Crippen molar-refractivity contribution in [2.75, 3.05) is 18.4 Å². The summed E-state index contributed by atoms with van der Waals surface area (Å²) in [7, 11) is 0. The molecule has 5 nitrogen and oxygen atoms in total. The van der Waals surface area contributed by atoms with Gasteiger partial charge in [-0.15, -0.1) is 23.7 Å². The molecule has 0 radical (unpaired) electrons. The minimum Gasteiger partial charge on any atom is -0.349 e. The number of rotatable bonds is 4. The van der Waals surface area contributed by atoms with Crippen molar-refractivity contribution in [3.8, 4) is 0 Å². The normalized spacial score (nSPS) is 14.4. The SMILES string of the molecule is Cc1cc(NC(=O)c2cccc(F)c2)sc1C(=O)NC1CCNCC1.Cl. The maximum atomic E-state index is 13.2. The van der Waals surface area contributed by atoms with Crippen LogP contribution in [0.5, 0.6) is 0 Å². The minimum atomic E-state index is -0.461. The molecule has 3 rings (SSSR count). The van der Waals surface area contributed by atoms with Gasteiger partial charge in [0.2, 0.25) is 0 Å². The Morgan fingerprint density at radius 1 is 1.19 bits per heavy atom. The molecule has 3 N–H and O–H groups in total. The van der Waals surface area contributed by atoms with Crippen molar-refractivity contribution in [2.45, 2.75) is 25.8 Å². The number of hydrogen-bond donors (Lipinski definition) is 3. The molecule has 0 saturated carbocycles. The van der Waals surface area contributed by atoms with Gasteiger partial charge in [0, 0.05) is 11.6 Å². The highest BCUT2D eigenvalue weighted by atomic mass is 35.5. The molecule has 1 aromatic heterocycles. The molecule has 1 aliphatic heterocycles. The van der Waals surface area contributed by atoms with E-state index in [0.29, 0.717) is 9.88 Å². The van der Waals surface area contributed by atoms with Gasteiger partial charge in [-0.2, -0.15) is 0 Å². The van der Waals surface area contributed by atoms with Crippen LogP contribution in [0.2, 0.25) is 0 Å². The number of hydrogen-bond acceptors (Lipinski definition) is 4. The van der Waals surface area contributed by atoms with Crippen LogP contribution >= 0.6 is 23.7 Å². The van der Waals surface area contributed by atoms with Gasteiger partial charge < -0.3 is 16.0 Å². The van der Waals surface area contributed by atoms with Crippen LogP contribution in [0.3, 0.4) is 0 Å². The first-order valence-corrected chi connectivity index (χ1v) is 9.03. The van der Waals surface area contributed by atoms with Crippen LogP contribution in [0.15, 0.2) is 30.3 Å². The van der Waals surface area contributed by atoms with Gasteiger partial charge in [0.25, 0.3) is 11.8 Å². The fourth-order valence-electron chi connectivity index (χ4n) is 2.80. The number of carbonyl (C=O) groups excluding carboxylic acids is 2. The Balaban J connectivity index is 0.00000243. The molecule has 2 amide bonds. The summed E-state index contributed by atoms with van der Waals surface area (Å²) >= 11 is 1.23. The van der Waals surface area contributed by atoms with E-state index in [9.17, 15) is 14.0 Å². The van der Waals surface area contributed by atoms with E-state index in [0.717, 1.165) is 31.5 Å². The summed E-state index contributed by atoms with van der Waals surface area (Å²) in [6.45, 7) is 3.65. The Morgan fingerprint density at radius 2 is 1.92 bits per heavy atom. The third kappa shape index (κ3) is 5.03. The number of piperidine rings is 1. The number of benzene rings is 1. The van der Waals surface area contributed by atoms with Gasteiger partial charge in [0.05, 0.1) is 9.88 Å². The number of anilines is 1. The van der Waals surface area contributed by atoms with E-state index in [1.807, 2.05) is 6.92 Å². The van der Waals surface area contributed by atoms with Gasteiger partial charge in [-0.1, -0.05) is 6.07 Å². The number of aryl methyl sites for hydroxylation is 1. The van der Waals surface area contributed by atoms with E-state index in [2.05, 4.69) is 16.0 Å². The molecule has 1 aromatic carbocycles. The quantitative estimate of drug-likeness (QED) is 0.741. The number of thiophene rings is 1. The lowest BCUT2D eigenvalue weighted by Crippen LogP contribution is -2.42. The average Bonchev–Trinajstić information content (AvgIpc) is 2.96. The van der Waals surface area contributed by atoms with E-state index >= 15 is 0 Å². The van der Waals surface area contributed by atoms with E-state index in [4.69, 9.17) is 0 Å². The lowest BCUT2D eigenvalue weighted by molar-refractivity contribution is 0.0932. The Morgan fingerprint density at radius 3 is 2.62 bits per heavy atom. The summed E-state index contributed by atoms with van der Waals surface area (Å²) < 4.78 is 13.2. The zero-order valence-electron chi connectivity index (χ0n) is 14.3. The van der Waals surface area contributed by atoms with Crippen molar-refractivity contribution >= 4 is 40.6 Å². The summed E-state index contributed by atoms with van der Waals surface area (Å²) in [6, 6.07) is 7.45. The molecule has 1 saturated heterocycles. The smallest absolute Gasteiger partial charge is 0.261 e. The van der Waals surface area contributed by atoms with Gasteiger partial charge >= 0.3 is 0 Å². The topological polar surface area (TPSA) is 70.2 Å². The molecular weight excluding hydrogens is 377 g/mol. The minimum absolute atomic E-state index is 0. The predicted molar refractivity (Wildman–Crippen MR) is 104 cm³/mol. The average molecular weight is 398 g/mol. The summed E-state index contributed by atoms with van der Waals surface area (Å²) in [5, 5.41) is 9.61. The number of nitrogens with one attached hydrogen (secondary N) is 3. The van der Waals surface area contributed by atoms with Gasteiger partial charge in [-0.3, -0.25) is 9.59 Å². The monoisotopic (exact) mass is 397 g/mol. The fraction of sp³-hybridized carbons (Fsp3) is 0.333. The molecule has 0 unspecified atom stereocenters. The Bertz CT molecular complexity index is 790. The van der Waals surface area contributed by atoms with Crippen LogP contribution in [0.25, 0.3) is 0 Å². The first-order valence-electron chi connectivity index (χ1n) is 8.22. The highest BCUT2D eigenvalue weighted by Gasteiger charge is 2.20. The summed E-state index contributed by atoms with van der Waals surface area (Å²) in [5.74, 6) is -0.969. The zero-order chi connectivity index (χ0) is 17.8. The molecule has 0 bridgehead atoms. The molecule has 1 aliphatic rings. The Hall–Kier alpha value is -1.96.